The van der Waals surface area contributed by atoms with Gasteiger partial charge in [-0.15, -0.1) is 0 Å². The molecule has 92 valence electrons. The van der Waals surface area contributed by atoms with E-state index in [1.807, 2.05) is 22.6 Å². The van der Waals surface area contributed by atoms with Crippen LogP contribution in [0, 0.1) is 9.39 Å². The third kappa shape index (κ3) is 2.76. The lowest BCUT2D eigenvalue weighted by molar-refractivity contribution is 0.100. The first kappa shape index (κ1) is 12.7. The van der Waals surface area contributed by atoms with Gasteiger partial charge in [0.15, 0.2) is 0 Å². The van der Waals surface area contributed by atoms with Crippen LogP contribution in [0.1, 0.15) is 10.4 Å². The van der Waals surface area contributed by atoms with E-state index in [1.54, 1.807) is 12.1 Å². The fourth-order valence-corrected chi connectivity index (χ4v) is 1.90. The average molecular weight is 357 g/mol. The summed E-state index contributed by atoms with van der Waals surface area (Å²) in [5.41, 5.74) is 6.14. The summed E-state index contributed by atoms with van der Waals surface area (Å²) >= 11 is 2.02. The van der Waals surface area contributed by atoms with Gasteiger partial charge in [0.1, 0.15) is 5.82 Å². The van der Waals surface area contributed by atoms with Gasteiger partial charge < -0.3 is 11.1 Å². The van der Waals surface area contributed by atoms with Crippen molar-refractivity contribution in [1.29, 1.82) is 0 Å². The zero-order valence-electron chi connectivity index (χ0n) is 9.15. The lowest BCUT2D eigenvalue weighted by Crippen LogP contribution is -2.13. The summed E-state index contributed by atoms with van der Waals surface area (Å²) in [6, 6.07) is 6.22. The number of hydrogen-bond acceptors (Lipinski definition) is 3. The topological polar surface area (TPSA) is 68.0 Å². The zero-order valence-corrected chi connectivity index (χ0v) is 11.3. The van der Waals surface area contributed by atoms with Crippen molar-refractivity contribution in [2.24, 2.45) is 5.73 Å². The number of carbonyl (C=O) groups is 1. The number of nitrogens with one attached hydrogen (secondary N) is 1. The van der Waals surface area contributed by atoms with E-state index in [0.717, 1.165) is 3.57 Å². The van der Waals surface area contributed by atoms with Crippen LogP contribution in [-0.2, 0) is 0 Å². The first-order valence-corrected chi connectivity index (χ1v) is 6.11. The number of rotatable bonds is 3. The lowest BCUT2D eigenvalue weighted by Gasteiger charge is -2.10. The summed E-state index contributed by atoms with van der Waals surface area (Å²) in [5.74, 6) is -0.994. The number of nitrogens with two attached hydrogens (primary N) is 1. The number of benzene rings is 1. The summed E-state index contributed by atoms with van der Waals surface area (Å²) in [6.07, 6.45) is 2.88. The van der Waals surface area contributed by atoms with Crippen LogP contribution < -0.4 is 11.1 Å². The van der Waals surface area contributed by atoms with E-state index in [2.05, 4.69) is 10.3 Å². The number of nitrogens with zero attached hydrogens (tertiary/aromatic N) is 1. The van der Waals surface area contributed by atoms with Gasteiger partial charge in [0.05, 0.1) is 23.1 Å². The molecular formula is C12H9FIN3O. The lowest BCUT2D eigenvalue weighted by atomic mass is 10.2. The largest absolute Gasteiger partial charge is 0.366 e. The third-order valence-electron chi connectivity index (χ3n) is 2.29. The molecule has 2 aromatic rings. The Morgan fingerprint density at radius 2 is 2.11 bits per heavy atom. The molecule has 0 radical (unpaired) electrons. The van der Waals surface area contributed by atoms with Gasteiger partial charge in [-0.2, -0.15) is 0 Å². The Morgan fingerprint density at radius 1 is 1.33 bits per heavy atom. The van der Waals surface area contributed by atoms with Crippen molar-refractivity contribution in [3.63, 3.8) is 0 Å². The second-order valence-electron chi connectivity index (χ2n) is 3.53. The molecule has 18 heavy (non-hydrogen) atoms. The van der Waals surface area contributed by atoms with Crippen LogP contribution in [0.5, 0.6) is 0 Å². The molecule has 0 aliphatic carbocycles. The molecule has 0 bridgehead atoms. The minimum Gasteiger partial charge on any atom is -0.366 e. The van der Waals surface area contributed by atoms with Gasteiger partial charge >= 0.3 is 0 Å². The maximum absolute atomic E-state index is 13.7. The number of aromatic nitrogens is 1. The summed E-state index contributed by atoms with van der Waals surface area (Å²) in [5, 5.41) is 2.81. The predicted molar refractivity (Wildman–Crippen MR) is 75.2 cm³/mol. The van der Waals surface area contributed by atoms with Gasteiger partial charge in [-0.05, 0) is 46.9 Å². The Morgan fingerprint density at radius 3 is 2.78 bits per heavy atom. The molecule has 0 saturated carbocycles. The standard InChI is InChI=1S/C12H9FIN3O/c13-9-5-7(14)1-2-10(9)17-11-6-16-4-3-8(11)12(15)18/h1-6,17H,(H2,15,18). The zero-order chi connectivity index (χ0) is 13.1. The highest BCUT2D eigenvalue weighted by molar-refractivity contribution is 14.1. The Kier molecular flexibility index (Phi) is 3.75. The minimum absolute atomic E-state index is 0.267. The van der Waals surface area contributed by atoms with Crippen molar-refractivity contribution < 1.29 is 9.18 Å². The molecule has 0 fully saturated rings. The van der Waals surface area contributed by atoms with Crippen molar-refractivity contribution in [2.75, 3.05) is 5.32 Å². The van der Waals surface area contributed by atoms with Crippen LogP contribution in [-0.4, -0.2) is 10.9 Å². The van der Waals surface area contributed by atoms with Crippen LogP contribution in [0.15, 0.2) is 36.7 Å². The molecule has 0 aliphatic rings. The molecule has 1 aromatic carbocycles. The molecule has 2 rings (SSSR count). The summed E-state index contributed by atoms with van der Waals surface area (Å²) in [6.45, 7) is 0. The van der Waals surface area contributed by atoms with E-state index in [-0.39, 0.29) is 11.3 Å². The Labute approximate surface area is 117 Å². The second kappa shape index (κ2) is 5.30. The van der Waals surface area contributed by atoms with Crippen molar-refractivity contribution in [3.8, 4) is 0 Å². The molecular weight excluding hydrogens is 348 g/mol. The van der Waals surface area contributed by atoms with Crippen molar-refractivity contribution >= 4 is 39.9 Å². The third-order valence-corrected chi connectivity index (χ3v) is 2.96. The van der Waals surface area contributed by atoms with E-state index in [0.29, 0.717) is 5.69 Å². The van der Waals surface area contributed by atoms with Gasteiger partial charge in [-0.3, -0.25) is 9.78 Å². The highest BCUT2D eigenvalue weighted by atomic mass is 127. The first-order chi connectivity index (χ1) is 8.58. The molecule has 4 nitrogen and oxygen atoms in total. The molecule has 0 aliphatic heterocycles. The van der Waals surface area contributed by atoms with E-state index in [9.17, 15) is 9.18 Å². The van der Waals surface area contributed by atoms with Gasteiger partial charge in [0.25, 0.3) is 5.91 Å². The molecule has 0 spiro atoms. The molecule has 0 saturated heterocycles. The maximum atomic E-state index is 13.7. The molecule has 1 aromatic heterocycles. The fraction of sp³-hybridized carbons (Fsp3) is 0. The second-order valence-corrected chi connectivity index (χ2v) is 4.78. The number of halogens is 2. The molecule has 3 N–H and O–H groups in total. The van der Waals surface area contributed by atoms with Crippen LogP contribution in [0.25, 0.3) is 0 Å². The molecule has 0 atom stereocenters. The smallest absolute Gasteiger partial charge is 0.250 e. The number of anilines is 2. The van der Waals surface area contributed by atoms with Gasteiger partial charge in [-0.25, -0.2) is 4.39 Å². The predicted octanol–water partition coefficient (Wildman–Crippen LogP) is 2.67. The quantitative estimate of drug-likeness (QED) is 0.830. The Hall–Kier alpha value is -1.70. The molecule has 6 heteroatoms. The SMILES string of the molecule is NC(=O)c1ccncc1Nc1ccc(I)cc1F. The monoisotopic (exact) mass is 357 g/mol. The van der Waals surface area contributed by atoms with E-state index in [1.165, 1.54) is 24.5 Å². The number of pyridine rings is 1. The van der Waals surface area contributed by atoms with E-state index in [4.69, 9.17) is 5.73 Å². The minimum atomic E-state index is -0.592. The Balaban J connectivity index is 2.37. The van der Waals surface area contributed by atoms with Crippen LogP contribution in [0.4, 0.5) is 15.8 Å². The van der Waals surface area contributed by atoms with Crippen molar-refractivity contribution in [3.05, 3.63) is 51.6 Å². The summed E-state index contributed by atoms with van der Waals surface area (Å²) in [7, 11) is 0. The first-order valence-electron chi connectivity index (χ1n) is 5.04. The summed E-state index contributed by atoms with van der Waals surface area (Å²) in [4.78, 5) is 15.1. The van der Waals surface area contributed by atoms with Crippen LogP contribution >= 0.6 is 22.6 Å². The normalized spacial score (nSPS) is 10.1. The van der Waals surface area contributed by atoms with E-state index < -0.39 is 11.7 Å². The van der Waals surface area contributed by atoms with Crippen LogP contribution in [0.3, 0.4) is 0 Å². The fourth-order valence-electron chi connectivity index (χ4n) is 1.44. The number of carbonyl (C=O) groups excluding carboxylic acids is 1. The summed E-state index contributed by atoms with van der Waals surface area (Å²) < 4.78 is 14.5. The highest BCUT2D eigenvalue weighted by Gasteiger charge is 2.10. The highest BCUT2D eigenvalue weighted by Crippen LogP contribution is 2.23. The van der Waals surface area contributed by atoms with E-state index >= 15 is 0 Å². The number of amides is 1. The average Bonchev–Trinajstić information content (AvgIpc) is 2.33. The van der Waals surface area contributed by atoms with Crippen molar-refractivity contribution in [1.82, 2.24) is 4.98 Å². The molecule has 1 heterocycles. The van der Waals surface area contributed by atoms with Gasteiger partial charge in [0.2, 0.25) is 0 Å². The Bertz CT molecular complexity index is 604. The molecule has 0 unspecified atom stereocenters. The number of hydrogen-bond donors (Lipinski definition) is 2. The van der Waals surface area contributed by atoms with Crippen molar-refractivity contribution in [2.45, 2.75) is 0 Å². The van der Waals surface area contributed by atoms with Gasteiger partial charge in [0, 0.05) is 9.77 Å². The van der Waals surface area contributed by atoms with Gasteiger partial charge in [-0.1, -0.05) is 0 Å². The number of primary amides is 1. The maximum Gasteiger partial charge on any atom is 0.250 e. The van der Waals surface area contributed by atoms with Crippen LogP contribution in [0.2, 0.25) is 0 Å². The molecule has 1 amide bonds.